The Bertz CT molecular complexity index is 2790. The summed E-state index contributed by atoms with van der Waals surface area (Å²) in [5.41, 5.74) is 19.4. The molecule has 6 heteroatoms. The Morgan fingerprint density at radius 1 is 0.377 bits per heavy atom. The molecule has 61 heavy (non-hydrogen) atoms. The van der Waals surface area contributed by atoms with Crippen molar-refractivity contribution in [3.05, 3.63) is 215 Å². The number of anilines is 6. The fraction of sp³-hybridized carbons (Fsp3) is 0.0182. The van der Waals surface area contributed by atoms with Crippen molar-refractivity contribution < 1.29 is 4.74 Å². The van der Waals surface area contributed by atoms with Gasteiger partial charge < -0.3 is 14.5 Å². The largest absolute Gasteiger partial charge is 0.497 e. The van der Waals surface area contributed by atoms with E-state index in [1.807, 2.05) is 0 Å². The van der Waals surface area contributed by atoms with Crippen LogP contribution in [-0.4, -0.2) is 13.8 Å². The van der Waals surface area contributed by atoms with E-state index in [9.17, 15) is 0 Å². The minimum absolute atomic E-state index is 0.0808. The van der Waals surface area contributed by atoms with Crippen molar-refractivity contribution in [1.29, 1.82) is 0 Å². The molecule has 11 rings (SSSR count). The van der Waals surface area contributed by atoms with Crippen LogP contribution in [-0.2, 0) is 0 Å². The number of methoxy groups -OCH3 is 1. The third kappa shape index (κ3) is 6.32. The van der Waals surface area contributed by atoms with Crippen molar-refractivity contribution >= 4 is 89.1 Å². The summed E-state index contributed by atoms with van der Waals surface area (Å²) in [5.74, 6) is 0.774. The van der Waals surface area contributed by atoms with Gasteiger partial charge in [-0.3, -0.25) is 0 Å². The molecule has 0 radical (unpaired) electrons. The number of halogens is 2. The summed E-state index contributed by atoms with van der Waals surface area (Å²) in [5, 5.41) is 0. The highest BCUT2D eigenvalue weighted by molar-refractivity contribution is 9.10. The highest BCUT2D eigenvalue weighted by Gasteiger charge is 2.45. The van der Waals surface area contributed by atoms with Gasteiger partial charge in [-0.25, -0.2) is 0 Å². The topological polar surface area (TPSA) is 15.7 Å². The van der Waals surface area contributed by atoms with Gasteiger partial charge in [-0.15, -0.1) is 0 Å². The van der Waals surface area contributed by atoms with Gasteiger partial charge in [0.25, 0.3) is 6.71 Å². The predicted molar refractivity (Wildman–Crippen MR) is 264 cm³/mol. The first-order chi connectivity index (χ1) is 30.1. The molecule has 2 aliphatic heterocycles. The molecule has 0 aliphatic carbocycles. The lowest BCUT2D eigenvalue weighted by atomic mass is 9.33. The Morgan fingerprint density at radius 2 is 0.721 bits per heavy atom. The van der Waals surface area contributed by atoms with Crippen molar-refractivity contribution in [2.24, 2.45) is 0 Å². The number of ether oxygens (including phenoxy) is 1. The van der Waals surface area contributed by atoms with Crippen molar-refractivity contribution in [3.8, 4) is 50.3 Å². The molecule has 0 N–H and O–H groups in total. The summed E-state index contributed by atoms with van der Waals surface area (Å²) in [6.07, 6.45) is 0. The van der Waals surface area contributed by atoms with Crippen molar-refractivity contribution in [3.63, 3.8) is 0 Å². The summed E-state index contributed by atoms with van der Waals surface area (Å²) in [6, 6.07) is 74.5. The number of para-hydroxylation sites is 2. The van der Waals surface area contributed by atoms with E-state index >= 15 is 0 Å². The zero-order chi connectivity index (χ0) is 41.0. The van der Waals surface area contributed by atoms with E-state index in [1.54, 1.807) is 7.11 Å². The average molecular weight is 913 g/mol. The standard InChI is InChI=1S/C55H37BBr2N2O/c1-61-42-34-51-53-52(35-42)60(55-45(38-20-10-4-11-21-38)26-15-27-46(55)39-22-12-5-13-23-39)50-33-41(58)29-31-48(50)56(53)47-30-28-40(57)32-49(47)59(51)54-43(36-16-6-2-7-17-36)24-14-25-44(54)37-18-8-3-9-19-37/h2-35H,1H3. The first kappa shape index (κ1) is 37.4. The van der Waals surface area contributed by atoms with Crippen molar-refractivity contribution in [2.75, 3.05) is 16.9 Å². The second-order valence-corrected chi connectivity index (χ2v) is 17.3. The molecule has 0 unspecified atom stereocenters. The van der Waals surface area contributed by atoms with Crippen LogP contribution in [0.2, 0.25) is 0 Å². The van der Waals surface area contributed by atoms with Crippen LogP contribution in [0.3, 0.4) is 0 Å². The molecule has 0 fully saturated rings. The SMILES string of the molecule is COc1cc2c3c(c1)N(c1c(-c4ccccc4)cccc1-c1ccccc1)c1cc(Br)ccc1B3c1ccc(Br)cc1N2c1c(-c2ccccc2)cccc1-c1ccccc1. The number of nitrogens with zero attached hydrogens (tertiary/aromatic N) is 2. The van der Waals surface area contributed by atoms with E-state index < -0.39 is 0 Å². The quantitative estimate of drug-likeness (QED) is 0.148. The van der Waals surface area contributed by atoms with Gasteiger partial charge in [-0.05, 0) is 62.9 Å². The maximum absolute atomic E-state index is 6.36. The van der Waals surface area contributed by atoms with Gasteiger partial charge in [0.1, 0.15) is 5.75 Å². The number of fused-ring (bicyclic) bond motifs is 4. The van der Waals surface area contributed by atoms with Gasteiger partial charge in [0.15, 0.2) is 0 Å². The number of hydrogen-bond donors (Lipinski definition) is 0. The van der Waals surface area contributed by atoms with Crippen LogP contribution >= 0.6 is 31.9 Å². The highest BCUT2D eigenvalue weighted by atomic mass is 79.9. The Morgan fingerprint density at radius 3 is 1.05 bits per heavy atom. The first-order valence-electron chi connectivity index (χ1n) is 20.5. The third-order valence-corrected chi connectivity index (χ3v) is 13.0. The zero-order valence-electron chi connectivity index (χ0n) is 33.3. The number of hydrogen-bond acceptors (Lipinski definition) is 3. The second-order valence-electron chi connectivity index (χ2n) is 15.5. The Kier molecular flexibility index (Phi) is 9.48. The van der Waals surface area contributed by atoms with E-state index in [4.69, 9.17) is 4.74 Å². The molecule has 9 aromatic rings. The molecule has 0 spiro atoms. The summed E-state index contributed by atoms with van der Waals surface area (Å²) in [7, 11) is 1.78. The lowest BCUT2D eigenvalue weighted by Gasteiger charge is -2.45. The maximum atomic E-state index is 6.36. The molecular formula is C55H37BBr2N2O. The molecule has 3 nitrogen and oxygen atoms in total. The smallest absolute Gasteiger partial charge is 0.252 e. The van der Waals surface area contributed by atoms with Crippen LogP contribution in [0.4, 0.5) is 34.1 Å². The van der Waals surface area contributed by atoms with Crippen molar-refractivity contribution in [1.82, 2.24) is 0 Å². The van der Waals surface area contributed by atoms with Crippen LogP contribution in [0, 0.1) is 0 Å². The minimum Gasteiger partial charge on any atom is -0.497 e. The van der Waals surface area contributed by atoms with Gasteiger partial charge >= 0.3 is 0 Å². The average Bonchev–Trinajstić information content (AvgIpc) is 3.32. The highest BCUT2D eigenvalue weighted by Crippen LogP contribution is 2.53. The van der Waals surface area contributed by atoms with E-state index in [0.29, 0.717) is 0 Å². The van der Waals surface area contributed by atoms with Crippen LogP contribution in [0.15, 0.2) is 215 Å². The molecule has 0 bridgehead atoms. The van der Waals surface area contributed by atoms with E-state index in [1.165, 1.54) is 16.4 Å². The van der Waals surface area contributed by atoms with Crippen LogP contribution in [0.5, 0.6) is 5.75 Å². The molecule has 0 aromatic heterocycles. The monoisotopic (exact) mass is 910 g/mol. The minimum atomic E-state index is -0.0808. The third-order valence-electron chi connectivity index (χ3n) is 12.1. The van der Waals surface area contributed by atoms with E-state index in [2.05, 4.69) is 248 Å². The van der Waals surface area contributed by atoms with Crippen LogP contribution < -0.4 is 30.9 Å². The Hall–Kier alpha value is -6.60. The number of rotatable bonds is 7. The summed E-state index contributed by atoms with van der Waals surface area (Å²) in [4.78, 5) is 5.01. The lowest BCUT2D eigenvalue weighted by Crippen LogP contribution is -2.61. The summed E-state index contributed by atoms with van der Waals surface area (Å²) >= 11 is 7.86. The molecule has 0 atom stereocenters. The Balaban J connectivity index is 1.29. The zero-order valence-corrected chi connectivity index (χ0v) is 36.4. The van der Waals surface area contributed by atoms with Crippen LogP contribution in [0.25, 0.3) is 44.5 Å². The van der Waals surface area contributed by atoms with Crippen LogP contribution in [0.1, 0.15) is 0 Å². The predicted octanol–water partition coefficient (Wildman–Crippen LogP) is 14.0. The molecule has 9 aromatic carbocycles. The molecule has 0 saturated heterocycles. The number of benzene rings is 9. The Labute approximate surface area is 373 Å². The first-order valence-corrected chi connectivity index (χ1v) is 22.0. The van der Waals surface area contributed by atoms with Gasteiger partial charge in [0.2, 0.25) is 0 Å². The fourth-order valence-corrected chi connectivity index (χ4v) is 10.2. The summed E-state index contributed by atoms with van der Waals surface area (Å²) < 4.78 is 8.39. The molecule has 2 aliphatic rings. The van der Waals surface area contributed by atoms with E-state index in [0.717, 1.165) is 93.3 Å². The van der Waals surface area contributed by atoms with Gasteiger partial charge in [0.05, 0.1) is 18.5 Å². The molecule has 290 valence electrons. The van der Waals surface area contributed by atoms with Gasteiger partial charge in [-0.2, -0.15) is 0 Å². The molecule has 0 saturated carbocycles. The molecule has 0 amide bonds. The molecule has 2 heterocycles. The fourth-order valence-electron chi connectivity index (χ4n) is 9.48. The van der Waals surface area contributed by atoms with E-state index in [-0.39, 0.29) is 6.71 Å². The summed E-state index contributed by atoms with van der Waals surface area (Å²) in [6.45, 7) is -0.0808. The van der Waals surface area contributed by atoms with Crippen molar-refractivity contribution in [2.45, 2.75) is 0 Å². The van der Waals surface area contributed by atoms with Gasteiger partial charge in [-0.1, -0.05) is 202 Å². The lowest BCUT2D eigenvalue weighted by molar-refractivity contribution is 0.415. The normalized spacial score (nSPS) is 12.4. The second kappa shape index (κ2) is 15.5. The van der Waals surface area contributed by atoms with Gasteiger partial charge in [0, 0.05) is 66.1 Å². The molecular weight excluding hydrogens is 875 g/mol. The maximum Gasteiger partial charge on any atom is 0.252 e.